The third kappa shape index (κ3) is 2.21. The van der Waals surface area contributed by atoms with E-state index >= 15 is 0 Å². The normalized spacial score (nSPS) is 29.0. The number of hydrogen-bond donors (Lipinski definition) is 0. The van der Waals surface area contributed by atoms with Crippen LogP contribution < -0.4 is 0 Å². The SMILES string of the molecule is C=C1C(=O)O[C@]2(CC)CC(C(=O)OCC)(C(=O)OCC)C[C@H]12. The molecule has 1 heterocycles. The Bertz CT molecular complexity index is 505. The Morgan fingerprint density at radius 3 is 2.18 bits per heavy atom. The molecule has 2 atom stereocenters. The summed E-state index contributed by atoms with van der Waals surface area (Å²) < 4.78 is 15.7. The lowest BCUT2D eigenvalue weighted by atomic mass is 9.83. The van der Waals surface area contributed by atoms with Gasteiger partial charge < -0.3 is 14.2 Å². The van der Waals surface area contributed by atoms with Gasteiger partial charge in [-0.3, -0.25) is 9.59 Å². The van der Waals surface area contributed by atoms with Gasteiger partial charge in [0.1, 0.15) is 5.60 Å². The van der Waals surface area contributed by atoms with E-state index in [0.717, 1.165) is 0 Å². The van der Waals surface area contributed by atoms with Crippen LogP contribution in [0.3, 0.4) is 0 Å². The van der Waals surface area contributed by atoms with Gasteiger partial charge in [0, 0.05) is 17.9 Å². The van der Waals surface area contributed by atoms with Gasteiger partial charge >= 0.3 is 17.9 Å². The average molecular weight is 310 g/mol. The molecule has 0 aromatic rings. The minimum Gasteiger partial charge on any atom is -0.465 e. The second-order valence-corrected chi connectivity index (χ2v) is 5.79. The van der Waals surface area contributed by atoms with Crippen LogP contribution in [0.4, 0.5) is 0 Å². The zero-order valence-electron chi connectivity index (χ0n) is 13.3. The Hall–Kier alpha value is -1.85. The van der Waals surface area contributed by atoms with Crippen LogP contribution in [0.1, 0.15) is 40.0 Å². The van der Waals surface area contributed by atoms with Gasteiger partial charge in [0.25, 0.3) is 0 Å². The highest BCUT2D eigenvalue weighted by molar-refractivity contribution is 6.02. The Balaban J connectivity index is 2.42. The molecule has 0 bridgehead atoms. The van der Waals surface area contributed by atoms with Crippen molar-refractivity contribution in [3.8, 4) is 0 Å². The first kappa shape index (κ1) is 16.5. The lowest BCUT2D eigenvalue weighted by Crippen LogP contribution is -2.42. The van der Waals surface area contributed by atoms with Crippen LogP contribution in [0.5, 0.6) is 0 Å². The molecule has 0 radical (unpaired) electrons. The topological polar surface area (TPSA) is 78.9 Å². The molecular weight excluding hydrogens is 288 g/mol. The van der Waals surface area contributed by atoms with Crippen LogP contribution >= 0.6 is 0 Å². The Labute approximate surface area is 129 Å². The summed E-state index contributed by atoms with van der Waals surface area (Å²) in [6.45, 7) is 9.34. The van der Waals surface area contributed by atoms with Crippen molar-refractivity contribution in [3.63, 3.8) is 0 Å². The maximum atomic E-state index is 12.5. The second-order valence-electron chi connectivity index (χ2n) is 5.79. The lowest BCUT2D eigenvalue weighted by molar-refractivity contribution is -0.175. The second kappa shape index (κ2) is 5.74. The minimum atomic E-state index is -1.42. The summed E-state index contributed by atoms with van der Waals surface area (Å²) in [5.41, 5.74) is -1.97. The molecule has 0 N–H and O–H groups in total. The molecule has 1 saturated carbocycles. The minimum absolute atomic E-state index is 0.0869. The summed E-state index contributed by atoms with van der Waals surface area (Å²) in [5, 5.41) is 0. The van der Waals surface area contributed by atoms with E-state index in [9.17, 15) is 14.4 Å². The van der Waals surface area contributed by atoms with Crippen LogP contribution in [-0.2, 0) is 28.6 Å². The maximum absolute atomic E-state index is 12.5. The number of hydrogen-bond acceptors (Lipinski definition) is 6. The summed E-state index contributed by atoms with van der Waals surface area (Å²) in [6.07, 6.45) is 0.732. The third-order valence-corrected chi connectivity index (χ3v) is 4.70. The molecule has 6 heteroatoms. The molecular formula is C16H22O6. The lowest BCUT2D eigenvalue weighted by Gasteiger charge is -2.28. The van der Waals surface area contributed by atoms with Crippen molar-refractivity contribution in [2.75, 3.05) is 13.2 Å². The molecule has 0 spiro atoms. The van der Waals surface area contributed by atoms with E-state index in [2.05, 4.69) is 6.58 Å². The van der Waals surface area contributed by atoms with E-state index < -0.39 is 28.9 Å². The van der Waals surface area contributed by atoms with Crippen molar-refractivity contribution in [1.82, 2.24) is 0 Å². The van der Waals surface area contributed by atoms with Crippen LogP contribution in [0.15, 0.2) is 12.2 Å². The predicted octanol–water partition coefficient (Wildman–Crippen LogP) is 1.77. The molecule has 2 rings (SSSR count). The molecule has 22 heavy (non-hydrogen) atoms. The van der Waals surface area contributed by atoms with Crippen molar-refractivity contribution in [2.45, 2.75) is 45.6 Å². The summed E-state index contributed by atoms with van der Waals surface area (Å²) in [7, 11) is 0. The van der Waals surface area contributed by atoms with Crippen molar-refractivity contribution in [2.24, 2.45) is 11.3 Å². The van der Waals surface area contributed by atoms with Gasteiger partial charge in [0.2, 0.25) is 0 Å². The largest absolute Gasteiger partial charge is 0.465 e. The monoisotopic (exact) mass is 310 g/mol. The van der Waals surface area contributed by atoms with Crippen molar-refractivity contribution in [1.29, 1.82) is 0 Å². The van der Waals surface area contributed by atoms with Crippen LogP contribution in [-0.4, -0.2) is 36.7 Å². The van der Waals surface area contributed by atoms with E-state index in [1.54, 1.807) is 13.8 Å². The van der Waals surface area contributed by atoms with E-state index in [0.29, 0.717) is 12.0 Å². The van der Waals surface area contributed by atoms with E-state index in [1.807, 2.05) is 6.92 Å². The summed E-state index contributed by atoms with van der Waals surface area (Å²) in [6, 6.07) is 0. The third-order valence-electron chi connectivity index (χ3n) is 4.70. The Morgan fingerprint density at radius 2 is 1.77 bits per heavy atom. The first-order chi connectivity index (χ1) is 10.4. The molecule has 1 saturated heterocycles. The maximum Gasteiger partial charge on any atom is 0.334 e. The van der Waals surface area contributed by atoms with Gasteiger partial charge in [0.05, 0.1) is 13.2 Å². The van der Waals surface area contributed by atoms with Crippen molar-refractivity contribution in [3.05, 3.63) is 12.2 Å². The molecule has 0 amide bonds. The Morgan fingerprint density at radius 1 is 1.23 bits per heavy atom. The van der Waals surface area contributed by atoms with Gasteiger partial charge in [-0.1, -0.05) is 13.5 Å². The number of carbonyl (C=O) groups excluding carboxylic acids is 3. The summed E-state index contributed by atoms with van der Waals surface area (Å²) in [5.74, 6) is -2.04. The van der Waals surface area contributed by atoms with Crippen molar-refractivity contribution < 1.29 is 28.6 Å². The fourth-order valence-corrected chi connectivity index (χ4v) is 3.56. The zero-order valence-corrected chi connectivity index (χ0v) is 13.3. The van der Waals surface area contributed by atoms with Gasteiger partial charge in [-0.25, -0.2) is 4.79 Å². The van der Waals surface area contributed by atoms with Gasteiger partial charge in [-0.2, -0.15) is 0 Å². The molecule has 1 aliphatic heterocycles. The number of carbonyl (C=O) groups is 3. The van der Waals surface area contributed by atoms with Crippen LogP contribution in [0.2, 0.25) is 0 Å². The number of esters is 3. The number of rotatable bonds is 5. The number of fused-ring (bicyclic) bond motifs is 1. The first-order valence-electron chi connectivity index (χ1n) is 7.63. The van der Waals surface area contributed by atoms with Crippen LogP contribution in [0.25, 0.3) is 0 Å². The average Bonchev–Trinajstić information content (AvgIpc) is 2.94. The van der Waals surface area contributed by atoms with Gasteiger partial charge in [0.15, 0.2) is 5.41 Å². The molecule has 122 valence electrons. The van der Waals surface area contributed by atoms with Crippen LogP contribution in [0, 0.1) is 11.3 Å². The predicted molar refractivity (Wildman–Crippen MR) is 76.7 cm³/mol. The highest BCUT2D eigenvalue weighted by Crippen LogP contribution is 2.58. The fraction of sp³-hybridized carbons (Fsp3) is 0.688. The van der Waals surface area contributed by atoms with E-state index in [1.165, 1.54) is 0 Å². The Kier molecular flexibility index (Phi) is 4.31. The molecule has 0 aromatic heterocycles. The molecule has 6 nitrogen and oxygen atoms in total. The zero-order chi connectivity index (χ0) is 16.5. The van der Waals surface area contributed by atoms with Gasteiger partial charge in [-0.15, -0.1) is 0 Å². The summed E-state index contributed by atoms with van der Waals surface area (Å²) >= 11 is 0. The van der Waals surface area contributed by atoms with E-state index in [-0.39, 0.29) is 32.0 Å². The molecule has 0 aromatic carbocycles. The smallest absolute Gasteiger partial charge is 0.334 e. The molecule has 0 unspecified atom stereocenters. The van der Waals surface area contributed by atoms with E-state index in [4.69, 9.17) is 14.2 Å². The fourth-order valence-electron chi connectivity index (χ4n) is 3.56. The standard InChI is InChI=1S/C16H22O6/c1-5-16-9-15(13(18)20-6-2,14(19)21-7-3)8-11(16)10(4)12(17)22-16/h11H,4-9H2,1-3H3/t11-,16-/m1/s1. The first-order valence-corrected chi connectivity index (χ1v) is 7.63. The molecule has 1 aliphatic carbocycles. The highest BCUT2D eigenvalue weighted by Gasteiger charge is 2.68. The van der Waals surface area contributed by atoms with Gasteiger partial charge in [-0.05, 0) is 26.7 Å². The molecule has 2 aliphatic rings. The molecule has 2 fully saturated rings. The quantitative estimate of drug-likeness (QED) is 0.333. The number of ether oxygens (including phenoxy) is 3. The highest BCUT2D eigenvalue weighted by atomic mass is 16.6. The summed E-state index contributed by atoms with van der Waals surface area (Å²) in [4.78, 5) is 36.7. The van der Waals surface area contributed by atoms with Crippen molar-refractivity contribution >= 4 is 17.9 Å².